The number of rotatable bonds is 3. The van der Waals surface area contributed by atoms with Gasteiger partial charge < -0.3 is 10.0 Å². The van der Waals surface area contributed by atoms with E-state index in [-0.39, 0.29) is 17.9 Å². The summed E-state index contributed by atoms with van der Waals surface area (Å²) in [6.45, 7) is 9.01. The van der Waals surface area contributed by atoms with Gasteiger partial charge in [0.2, 0.25) is 0 Å². The number of carbonyl (C=O) groups is 1. The van der Waals surface area contributed by atoms with Gasteiger partial charge in [-0.05, 0) is 30.0 Å². The SMILES string of the molecule is Cc1ccc(C(=O)N(C)CC(C)(C)C)c(C#CCCO)c1. The predicted molar refractivity (Wildman–Crippen MR) is 86.2 cm³/mol. The van der Waals surface area contributed by atoms with Gasteiger partial charge in [0.25, 0.3) is 5.91 Å². The zero-order valence-electron chi connectivity index (χ0n) is 13.7. The van der Waals surface area contributed by atoms with Crippen molar-refractivity contribution in [3.05, 3.63) is 34.9 Å². The maximum Gasteiger partial charge on any atom is 0.254 e. The lowest BCUT2D eigenvalue weighted by Crippen LogP contribution is -2.34. The van der Waals surface area contributed by atoms with Crippen LogP contribution in [-0.2, 0) is 0 Å². The molecule has 0 aliphatic heterocycles. The second-order valence-electron chi connectivity index (χ2n) is 6.55. The van der Waals surface area contributed by atoms with E-state index in [0.29, 0.717) is 18.5 Å². The molecule has 0 radical (unpaired) electrons. The molecule has 0 unspecified atom stereocenters. The van der Waals surface area contributed by atoms with Crippen molar-refractivity contribution in [1.29, 1.82) is 0 Å². The monoisotopic (exact) mass is 287 g/mol. The lowest BCUT2D eigenvalue weighted by molar-refractivity contribution is 0.0745. The summed E-state index contributed by atoms with van der Waals surface area (Å²) in [5.41, 5.74) is 2.48. The third-order valence-corrected chi connectivity index (χ3v) is 2.92. The van der Waals surface area contributed by atoms with Crippen LogP contribution in [0, 0.1) is 24.2 Å². The van der Waals surface area contributed by atoms with Gasteiger partial charge >= 0.3 is 0 Å². The summed E-state index contributed by atoms with van der Waals surface area (Å²) in [6.07, 6.45) is 0.416. The number of aliphatic hydroxyl groups is 1. The summed E-state index contributed by atoms with van der Waals surface area (Å²) < 4.78 is 0. The van der Waals surface area contributed by atoms with Gasteiger partial charge in [-0.1, -0.05) is 38.7 Å². The molecule has 0 aliphatic carbocycles. The van der Waals surface area contributed by atoms with E-state index in [1.54, 1.807) is 4.90 Å². The number of amides is 1. The van der Waals surface area contributed by atoms with Gasteiger partial charge in [0, 0.05) is 25.6 Å². The Morgan fingerprint density at radius 1 is 1.33 bits per heavy atom. The highest BCUT2D eigenvalue weighted by molar-refractivity contribution is 5.96. The molecule has 0 bridgehead atoms. The summed E-state index contributed by atoms with van der Waals surface area (Å²) in [6, 6.07) is 5.68. The van der Waals surface area contributed by atoms with Crippen LogP contribution in [-0.4, -0.2) is 36.1 Å². The summed E-state index contributed by atoms with van der Waals surface area (Å²) in [7, 11) is 1.82. The Morgan fingerprint density at radius 2 is 2.00 bits per heavy atom. The van der Waals surface area contributed by atoms with E-state index in [2.05, 4.69) is 32.6 Å². The van der Waals surface area contributed by atoms with Crippen molar-refractivity contribution in [3.8, 4) is 11.8 Å². The van der Waals surface area contributed by atoms with Crippen LogP contribution in [0.25, 0.3) is 0 Å². The Balaban J connectivity index is 3.07. The molecule has 0 aliphatic rings. The smallest absolute Gasteiger partial charge is 0.254 e. The molecule has 3 heteroatoms. The summed E-state index contributed by atoms with van der Waals surface area (Å²) in [5.74, 6) is 5.87. The lowest BCUT2D eigenvalue weighted by Gasteiger charge is -2.27. The Hall–Kier alpha value is -1.79. The van der Waals surface area contributed by atoms with Crippen molar-refractivity contribution in [2.24, 2.45) is 5.41 Å². The fourth-order valence-electron chi connectivity index (χ4n) is 2.15. The first-order valence-corrected chi connectivity index (χ1v) is 7.20. The van der Waals surface area contributed by atoms with Crippen LogP contribution in [0.2, 0.25) is 0 Å². The average molecular weight is 287 g/mol. The van der Waals surface area contributed by atoms with Crippen molar-refractivity contribution in [2.75, 3.05) is 20.2 Å². The van der Waals surface area contributed by atoms with Crippen LogP contribution >= 0.6 is 0 Å². The van der Waals surface area contributed by atoms with Crippen LogP contribution in [0.15, 0.2) is 18.2 Å². The van der Waals surface area contributed by atoms with Crippen LogP contribution in [0.4, 0.5) is 0 Å². The van der Waals surface area contributed by atoms with Crippen LogP contribution < -0.4 is 0 Å². The van der Waals surface area contributed by atoms with Gasteiger partial charge in [0.05, 0.1) is 12.2 Å². The predicted octanol–water partition coefficient (Wildman–Crippen LogP) is 2.85. The molecule has 1 aromatic carbocycles. The van der Waals surface area contributed by atoms with E-state index in [9.17, 15) is 4.79 Å². The minimum absolute atomic E-state index is 0.0155. The topological polar surface area (TPSA) is 40.5 Å². The van der Waals surface area contributed by atoms with Crippen LogP contribution in [0.1, 0.15) is 48.7 Å². The standard InChI is InChI=1S/C18H25NO2/c1-14-9-10-16(15(12-14)8-6-7-11-20)17(21)19(5)13-18(2,3)4/h9-10,12,20H,7,11,13H2,1-5H3. The van der Waals surface area contributed by atoms with Gasteiger partial charge in [0.15, 0.2) is 0 Å². The van der Waals surface area contributed by atoms with Gasteiger partial charge in [-0.3, -0.25) is 4.79 Å². The fourth-order valence-corrected chi connectivity index (χ4v) is 2.15. The number of hydrogen-bond donors (Lipinski definition) is 1. The second kappa shape index (κ2) is 7.28. The Bertz CT molecular complexity index is 559. The van der Waals surface area contributed by atoms with Crippen LogP contribution in [0.3, 0.4) is 0 Å². The van der Waals surface area contributed by atoms with E-state index in [1.807, 2.05) is 32.2 Å². The molecule has 0 aromatic heterocycles. The number of benzene rings is 1. The number of aliphatic hydroxyl groups excluding tert-OH is 1. The zero-order chi connectivity index (χ0) is 16.0. The second-order valence-corrected chi connectivity index (χ2v) is 6.55. The quantitative estimate of drug-likeness (QED) is 0.868. The maximum atomic E-state index is 12.6. The molecule has 1 rings (SSSR count). The van der Waals surface area contributed by atoms with Gasteiger partial charge in [-0.2, -0.15) is 0 Å². The summed E-state index contributed by atoms with van der Waals surface area (Å²) in [4.78, 5) is 14.3. The van der Waals surface area contributed by atoms with Crippen molar-refractivity contribution in [3.63, 3.8) is 0 Å². The molecule has 3 nitrogen and oxygen atoms in total. The molecule has 0 saturated carbocycles. The molecule has 0 fully saturated rings. The first kappa shape index (κ1) is 17.3. The molecular weight excluding hydrogens is 262 g/mol. The fraction of sp³-hybridized carbons (Fsp3) is 0.500. The minimum atomic E-state index is -0.0155. The first-order chi connectivity index (χ1) is 9.74. The molecule has 1 N–H and O–H groups in total. The molecule has 0 atom stereocenters. The lowest BCUT2D eigenvalue weighted by atomic mass is 9.95. The van der Waals surface area contributed by atoms with Crippen molar-refractivity contribution in [2.45, 2.75) is 34.1 Å². The number of nitrogens with zero attached hydrogens (tertiary/aromatic N) is 1. The van der Waals surface area contributed by atoms with E-state index in [0.717, 1.165) is 11.1 Å². The number of hydrogen-bond acceptors (Lipinski definition) is 2. The third kappa shape index (κ3) is 5.61. The molecule has 0 spiro atoms. The van der Waals surface area contributed by atoms with E-state index >= 15 is 0 Å². The molecule has 21 heavy (non-hydrogen) atoms. The third-order valence-electron chi connectivity index (χ3n) is 2.92. The molecule has 1 aromatic rings. The van der Waals surface area contributed by atoms with Crippen molar-refractivity contribution in [1.82, 2.24) is 4.90 Å². The number of aryl methyl sites for hydroxylation is 1. The highest BCUT2D eigenvalue weighted by atomic mass is 16.2. The Labute approximate surface area is 128 Å². The maximum absolute atomic E-state index is 12.6. The van der Waals surface area contributed by atoms with Gasteiger partial charge in [0.1, 0.15) is 0 Å². The van der Waals surface area contributed by atoms with E-state index in [4.69, 9.17) is 5.11 Å². The van der Waals surface area contributed by atoms with E-state index < -0.39 is 0 Å². The molecule has 1 amide bonds. The van der Waals surface area contributed by atoms with Crippen molar-refractivity contribution < 1.29 is 9.90 Å². The highest BCUT2D eigenvalue weighted by Crippen LogP contribution is 2.18. The minimum Gasteiger partial charge on any atom is -0.395 e. The molecule has 0 heterocycles. The van der Waals surface area contributed by atoms with Crippen LogP contribution in [0.5, 0.6) is 0 Å². The first-order valence-electron chi connectivity index (χ1n) is 7.20. The normalized spacial score (nSPS) is 10.8. The molecule has 114 valence electrons. The largest absolute Gasteiger partial charge is 0.395 e. The highest BCUT2D eigenvalue weighted by Gasteiger charge is 2.20. The Kier molecular flexibility index (Phi) is 5.99. The summed E-state index contributed by atoms with van der Waals surface area (Å²) >= 11 is 0. The molecular formula is C18H25NO2. The number of carbonyl (C=O) groups excluding carboxylic acids is 1. The van der Waals surface area contributed by atoms with Gasteiger partial charge in [-0.15, -0.1) is 0 Å². The van der Waals surface area contributed by atoms with E-state index in [1.165, 1.54) is 0 Å². The average Bonchev–Trinajstić information content (AvgIpc) is 2.36. The van der Waals surface area contributed by atoms with Gasteiger partial charge in [-0.25, -0.2) is 0 Å². The zero-order valence-corrected chi connectivity index (χ0v) is 13.7. The summed E-state index contributed by atoms with van der Waals surface area (Å²) in [5, 5.41) is 8.82. The molecule has 0 saturated heterocycles. The Morgan fingerprint density at radius 3 is 2.57 bits per heavy atom. The van der Waals surface area contributed by atoms with Crippen molar-refractivity contribution >= 4 is 5.91 Å².